The van der Waals surface area contributed by atoms with Crippen molar-refractivity contribution in [3.05, 3.63) is 33.1 Å². The van der Waals surface area contributed by atoms with Crippen LogP contribution in [0.25, 0.3) is 0 Å². The quantitative estimate of drug-likeness (QED) is 0.661. The molecule has 1 aromatic rings. The number of hydrogen-bond acceptors (Lipinski definition) is 6. The van der Waals surface area contributed by atoms with E-state index in [-0.39, 0.29) is 22.8 Å². The number of ether oxygens (including phenoxy) is 1. The molecule has 116 valence electrons. The highest BCUT2D eigenvalue weighted by Crippen LogP contribution is 2.25. The van der Waals surface area contributed by atoms with Gasteiger partial charge in [0.05, 0.1) is 23.3 Å². The second-order valence-corrected chi connectivity index (χ2v) is 5.62. The van der Waals surface area contributed by atoms with Gasteiger partial charge in [-0.15, -0.1) is 0 Å². The SMILES string of the molecule is Cc1cnc(CN2CCOC(C(C)N)C2)c(C)c1[N+](=O)[O-]. The van der Waals surface area contributed by atoms with Gasteiger partial charge in [0, 0.05) is 43.0 Å². The van der Waals surface area contributed by atoms with Crippen LogP contribution in [0.1, 0.15) is 23.7 Å². The Morgan fingerprint density at radius 1 is 1.62 bits per heavy atom. The van der Waals surface area contributed by atoms with Crippen molar-refractivity contribution in [2.75, 3.05) is 19.7 Å². The summed E-state index contributed by atoms with van der Waals surface area (Å²) < 4.78 is 5.62. The Balaban J connectivity index is 2.16. The second-order valence-electron chi connectivity index (χ2n) is 5.62. The molecule has 2 rings (SSSR count). The predicted molar refractivity (Wildman–Crippen MR) is 79.0 cm³/mol. The summed E-state index contributed by atoms with van der Waals surface area (Å²) in [6.07, 6.45) is 1.57. The monoisotopic (exact) mass is 294 g/mol. The van der Waals surface area contributed by atoms with Crippen LogP contribution in [0.4, 0.5) is 5.69 Å². The molecule has 1 aromatic heterocycles. The molecule has 0 spiro atoms. The summed E-state index contributed by atoms with van der Waals surface area (Å²) in [6.45, 7) is 8.11. The van der Waals surface area contributed by atoms with Crippen LogP contribution in [0, 0.1) is 24.0 Å². The molecule has 0 bridgehead atoms. The molecule has 1 saturated heterocycles. The lowest BCUT2D eigenvalue weighted by atomic mass is 10.1. The van der Waals surface area contributed by atoms with Gasteiger partial charge in [0.1, 0.15) is 0 Å². The van der Waals surface area contributed by atoms with Crippen molar-refractivity contribution in [2.24, 2.45) is 5.73 Å². The predicted octanol–water partition coefficient (Wildman–Crippen LogP) is 1.15. The van der Waals surface area contributed by atoms with Crippen LogP contribution in [-0.4, -0.2) is 46.6 Å². The summed E-state index contributed by atoms with van der Waals surface area (Å²) in [5.74, 6) is 0. The van der Waals surface area contributed by atoms with Gasteiger partial charge in [0.25, 0.3) is 5.69 Å². The average molecular weight is 294 g/mol. The summed E-state index contributed by atoms with van der Waals surface area (Å²) in [5.41, 5.74) is 8.03. The van der Waals surface area contributed by atoms with E-state index >= 15 is 0 Å². The summed E-state index contributed by atoms with van der Waals surface area (Å²) in [6, 6.07) is -0.0331. The molecule has 0 aliphatic carbocycles. The molecule has 1 aliphatic rings. The number of aryl methyl sites for hydroxylation is 1. The molecule has 2 N–H and O–H groups in total. The highest BCUT2D eigenvalue weighted by Gasteiger charge is 2.25. The number of nitrogens with zero attached hydrogens (tertiary/aromatic N) is 3. The van der Waals surface area contributed by atoms with Gasteiger partial charge in [0.2, 0.25) is 0 Å². The molecule has 1 aliphatic heterocycles. The fourth-order valence-corrected chi connectivity index (χ4v) is 2.61. The van der Waals surface area contributed by atoms with Crippen molar-refractivity contribution in [2.45, 2.75) is 39.5 Å². The molecule has 7 heteroatoms. The van der Waals surface area contributed by atoms with Crippen molar-refractivity contribution in [1.82, 2.24) is 9.88 Å². The van der Waals surface area contributed by atoms with Crippen molar-refractivity contribution < 1.29 is 9.66 Å². The maximum Gasteiger partial charge on any atom is 0.278 e. The highest BCUT2D eigenvalue weighted by molar-refractivity contribution is 5.47. The van der Waals surface area contributed by atoms with E-state index in [1.54, 1.807) is 20.0 Å². The molecule has 2 unspecified atom stereocenters. The third-order valence-corrected chi connectivity index (χ3v) is 3.90. The van der Waals surface area contributed by atoms with E-state index in [9.17, 15) is 10.1 Å². The second kappa shape index (κ2) is 6.46. The first kappa shape index (κ1) is 15.8. The largest absolute Gasteiger partial charge is 0.374 e. The topological polar surface area (TPSA) is 94.5 Å². The minimum atomic E-state index is -0.333. The van der Waals surface area contributed by atoms with Crippen LogP contribution in [-0.2, 0) is 11.3 Å². The molecule has 21 heavy (non-hydrogen) atoms. The minimum Gasteiger partial charge on any atom is -0.374 e. The Morgan fingerprint density at radius 2 is 2.33 bits per heavy atom. The van der Waals surface area contributed by atoms with Crippen molar-refractivity contribution >= 4 is 5.69 Å². The summed E-state index contributed by atoms with van der Waals surface area (Å²) in [5, 5.41) is 11.2. The van der Waals surface area contributed by atoms with E-state index < -0.39 is 0 Å². The van der Waals surface area contributed by atoms with E-state index in [0.717, 1.165) is 18.8 Å². The maximum absolute atomic E-state index is 11.2. The number of aromatic nitrogens is 1. The first-order chi connectivity index (χ1) is 9.90. The summed E-state index contributed by atoms with van der Waals surface area (Å²) >= 11 is 0. The smallest absolute Gasteiger partial charge is 0.278 e. The third-order valence-electron chi connectivity index (χ3n) is 3.90. The van der Waals surface area contributed by atoms with E-state index in [1.807, 2.05) is 6.92 Å². The van der Waals surface area contributed by atoms with Crippen molar-refractivity contribution in [3.8, 4) is 0 Å². The van der Waals surface area contributed by atoms with Gasteiger partial charge in [-0.2, -0.15) is 0 Å². The van der Waals surface area contributed by atoms with Gasteiger partial charge in [-0.25, -0.2) is 0 Å². The molecule has 1 fully saturated rings. The van der Waals surface area contributed by atoms with E-state index in [2.05, 4.69) is 9.88 Å². The zero-order chi connectivity index (χ0) is 15.6. The van der Waals surface area contributed by atoms with Crippen molar-refractivity contribution in [1.29, 1.82) is 0 Å². The van der Waals surface area contributed by atoms with E-state index in [1.165, 1.54) is 0 Å². The summed E-state index contributed by atoms with van der Waals surface area (Å²) in [4.78, 5) is 17.4. The van der Waals surface area contributed by atoms with Gasteiger partial charge >= 0.3 is 0 Å². The molecule has 0 saturated carbocycles. The molecule has 7 nitrogen and oxygen atoms in total. The Labute approximate surface area is 124 Å². The molecule has 2 atom stereocenters. The number of hydrogen-bond donors (Lipinski definition) is 1. The van der Waals surface area contributed by atoms with Crippen LogP contribution in [0.2, 0.25) is 0 Å². The molecule has 0 amide bonds. The number of pyridine rings is 1. The normalized spacial score (nSPS) is 21.2. The summed E-state index contributed by atoms with van der Waals surface area (Å²) in [7, 11) is 0. The minimum absolute atomic E-state index is 0.000472. The lowest BCUT2D eigenvalue weighted by Gasteiger charge is -2.34. The van der Waals surface area contributed by atoms with E-state index in [4.69, 9.17) is 10.5 Å². The standard InChI is InChI=1S/C14H22N4O3/c1-9-6-16-12(10(2)14(9)18(19)20)7-17-4-5-21-13(8-17)11(3)15/h6,11,13H,4-5,7-8,15H2,1-3H3. The van der Waals surface area contributed by atoms with Gasteiger partial charge in [-0.05, 0) is 20.8 Å². The number of rotatable bonds is 4. The Morgan fingerprint density at radius 3 is 2.95 bits per heavy atom. The van der Waals surface area contributed by atoms with Gasteiger partial charge < -0.3 is 10.5 Å². The first-order valence-electron chi connectivity index (χ1n) is 7.09. The van der Waals surface area contributed by atoms with Crippen LogP contribution < -0.4 is 5.73 Å². The van der Waals surface area contributed by atoms with Gasteiger partial charge in [-0.1, -0.05) is 0 Å². The van der Waals surface area contributed by atoms with Gasteiger partial charge in [-0.3, -0.25) is 20.0 Å². The Bertz CT molecular complexity index is 533. The third kappa shape index (κ3) is 3.55. The van der Waals surface area contributed by atoms with Crippen LogP contribution in [0.15, 0.2) is 6.20 Å². The zero-order valence-corrected chi connectivity index (χ0v) is 12.7. The highest BCUT2D eigenvalue weighted by atomic mass is 16.6. The van der Waals surface area contributed by atoms with Gasteiger partial charge in [0.15, 0.2) is 0 Å². The average Bonchev–Trinajstić information content (AvgIpc) is 2.42. The number of nitro groups is 1. The fourth-order valence-electron chi connectivity index (χ4n) is 2.61. The van der Waals surface area contributed by atoms with Crippen LogP contribution in [0.5, 0.6) is 0 Å². The Kier molecular flexibility index (Phi) is 4.87. The first-order valence-corrected chi connectivity index (χ1v) is 7.09. The molecule has 2 heterocycles. The van der Waals surface area contributed by atoms with E-state index in [0.29, 0.717) is 24.3 Å². The lowest BCUT2D eigenvalue weighted by Crippen LogP contribution is -2.49. The van der Waals surface area contributed by atoms with Crippen LogP contribution in [0.3, 0.4) is 0 Å². The lowest BCUT2D eigenvalue weighted by molar-refractivity contribution is -0.386. The Hall–Kier alpha value is -1.57. The molecule has 0 radical (unpaired) electrons. The zero-order valence-electron chi connectivity index (χ0n) is 12.7. The molecular formula is C14H22N4O3. The number of nitrogens with two attached hydrogens (primary N) is 1. The molecule has 0 aromatic carbocycles. The van der Waals surface area contributed by atoms with Crippen molar-refractivity contribution in [3.63, 3.8) is 0 Å². The fraction of sp³-hybridized carbons (Fsp3) is 0.643. The van der Waals surface area contributed by atoms with Crippen LogP contribution >= 0.6 is 0 Å². The molecular weight excluding hydrogens is 272 g/mol. The number of morpholine rings is 1. The maximum atomic E-state index is 11.2.